The highest BCUT2D eigenvalue weighted by molar-refractivity contribution is 8.08. The summed E-state index contributed by atoms with van der Waals surface area (Å²) in [4.78, 5) is 29.5. The van der Waals surface area contributed by atoms with Gasteiger partial charge in [-0.15, -0.1) is 22.7 Å². The summed E-state index contributed by atoms with van der Waals surface area (Å²) in [6.45, 7) is 5.24. The molecule has 0 amide bonds. The molecule has 1 aliphatic heterocycles. The Hall–Kier alpha value is -2.66. The first-order valence-electron chi connectivity index (χ1n) is 11.0. The van der Waals surface area contributed by atoms with Crippen LogP contribution in [-0.2, 0) is 17.8 Å². The maximum atomic E-state index is 13.4. The number of hydrogen-bond donors (Lipinski definition) is 0. The molecule has 0 fully saturated rings. The van der Waals surface area contributed by atoms with Gasteiger partial charge in [0.15, 0.2) is 12.7 Å². The highest BCUT2D eigenvalue weighted by atomic mass is 32.2. The van der Waals surface area contributed by atoms with Crippen LogP contribution < -0.4 is 24.2 Å². The molecule has 0 radical (unpaired) electrons. The lowest BCUT2D eigenvalue weighted by Gasteiger charge is -2.12. The molecule has 0 spiro atoms. The zero-order chi connectivity index (χ0) is 24.7. The van der Waals surface area contributed by atoms with Gasteiger partial charge in [-0.25, -0.2) is 4.79 Å². The number of thiazole rings is 2. The van der Waals surface area contributed by atoms with Crippen molar-refractivity contribution in [2.75, 3.05) is 19.1 Å². The first-order valence-corrected chi connectivity index (χ1v) is 14.4. The van der Waals surface area contributed by atoms with E-state index in [4.69, 9.17) is 4.74 Å². The van der Waals surface area contributed by atoms with Crippen LogP contribution in [0.4, 0.5) is 5.69 Å². The minimum atomic E-state index is -0.314. The Kier molecular flexibility index (Phi) is 6.71. The fourth-order valence-electron chi connectivity index (χ4n) is 4.01. The minimum absolute atomic E-state index is 0.0385. The third kappa shape index (κ3) is 4.40. The topological polar surface area (TPSA) is 55.4 Å². The number of carbonyl (C=O) groups excluding carboxylic acids is 1. The quantitative estimate of drug-likeness (QED) is 0.285. The van der Waals surface area contributed by atoms with Crippen molar-refractivity contribution < 1.29 is 14.1 Å². The molecule has 0 atom stereocenters. The lowest BCUT2D eigenvalue weighted by Crippen LogP contribution is -2.36. The number of fused-ring (bicyclic) bond motifs is 1. The number of thioether (sulfide) groups is 1. The lowest BCUT2D eigenvalue weighted by molar-refractivity contribution is -0.685. The highest BCUT2D eigenvalue weighted by Crippen LogP contribution is 2.45. The number of ether oxygens (including phenoxy) is 1. The molecule has 0 bridgehead atoms. The van der Waals surface area contributed by atoms with Gasteiger partial charge in [-0.2, -0.15) is 4.57 Å². The van der Waals surface area contributed by atoms with E-state index in [2.05, 4.69) is 40.7 Å². The Balaban J connectivity index is 1.58. The molecule has 180 valence electrons. The molecule has 4 aromatic rings. The van der Waals surface area contributed by atoms with E-state index >= 15 is 0 Å². The van der Waals surface area contributed by atoms with Crippen LogP contribution in [0, 0.1) is 6.92 Å². The van der Waals surface area contributed by atoms with E-state index in [9.17, 15) is 9.59 Å². The number of aryl methyl sites for hydroxylation is 1. The number of benzene rings is 1. The SMILES string of the molecule is CCn1c(=O)/c(=C2\Sc3ccc(C)cc3N2C)s/c1=C\c1scc[n+]1Cc1ccsc1C(=O)OC. The second-order valence-electron chi connectivity index (χ2n) is 8.04. The van der Waals surface area contributed by atoms with Gasteiger partial charge < -0.3 is 9.64 Å². The van der Waals surface area contributed by atoms with Gasteiger partial charge in [-0.1, -0.05) is 29.2 Å². The minimum Gasteiger partial charge on any atom is -0.465 e. The number of thiophene rings is 1. The molecule has 1 aliphatic rings. The third-order valence-electron chi connectivity index (χ3n) is 5.83. The summed E-state index contributed by atoms with van der Waals surface area (Å²) >= 11 is 6.18. The number of aromatic nitrogens is 2. The van der Waals surface area contributed by atoms with Gasteiger partial charge in [0.25, 0.3) is 10.6 Å². The Morgan fingerprint density at radius 1 is 1.20 bits per heavy atom. The number of rotatable bonds is 5. The van der Waals surface area contributed by atoms with Gasteiger partial charge in [-0.05, 0) is 43.0 Å². The molecular formula is C25H24N3O3S4+. The fourth-order valence-corrected chi connectivity index (χ4v) is 8.14. The standard InChI is InChI=1S/C25H24N3O3S4/c1-5-28-20(13-19-27(9-11-32-19)14-16-8-10-33-21(16)25(30)31-4)35-22(23(28)29)24-26(3)17-12-15(2)6-7-18(17)34-24/h6-13H,5,14H2,1-4H3/q+1/b24-22+. The largest absolute Gasteiger partial charge is 0.465 e. The lowest BCUT2D eigenvalue weighted by atomic mass is 10.2. The Morgan fingerprint density at radius 3 is 2.80 bits per heavy atom. The normalized spacial score (nSPS) is 15.1. The number of nitrogens with zero attached hydrogens (tertiary/aromatic N) is 3. The number of anilines is 1. The van der Waals surface area contributed by atoms with Crippen molar-refractivity contribution in [1.29, 1.82) is 0 Å². The van der Waals surface area contributed by atoms with Crippen molar-refractivity contribution >= 4 is 68.5 Å². The number of methoxy groups -OCH3 is 1. The van der Waals surface area contributed by atoms with E-state index in [0.717, 1.165) is 30.5 Å². The predicted octanol–water partition coefficient (Wildman–Crippen LogP) is 3.62. The average molecular weight is 543 g/mol. The summed E-state index contributed by atoms with van der Waals surface area (Å²) in [7, 11) is 3.43. The van der Waals surface area contributed by atoms with E-state index in [1.165, 1.54) is 40.2 Å². The zero-order valence-corrected chi connectivity index (χ0v) is 23.0. The molecule has 0 saturated heterocycles. The van der Waals surface area contributed by atoms with E-state index in [1.54, 1.807) is 23.1 Å². The molecule has 0 unspecified atom stereocenters. The summed E-state index contributed by atoms with van der Waals surface area (Å²) in [5, 5.41) is 5.92. The predicted molar refractivity (Wildman–Crippen MR) is 145 cm³/mol. The number of carbonyl (C=O) groups is 1. The molecular weight excluding hydrogens is 519 g/mol. The highest BCUT2D eigenvalue weighted by Gasteiger charge is 2.25. The van der Waals surface area contributed by atoms with Crippen LogP contribution in [0.3, 0.4) is 0 Å². The van der Waals surface area contributed by atoms with E-state index in [1.807, 2.05) is 41.6 Å². The molecule has 5 rings (SSSR count). The molecule has 35 heavy (non-hydrogen) atoms. The smallest absolute Gasteiger partial charge is 0.348 e. The van der Waals surface area contributed by atoms with E-state index in [0.29, 0.717) is 18.0 Å². The molecule has 10 heteroatoms. The summed E-state index contributed by atoms with van der Waals surface area (Å²) in [6.07, 6.45) is 4.08. The van der Waals surface area contributed by atoms with Crippen LogP contribution in [0.25, 0.3) is 11.1 Å². The van der Waals surface area contributed by atoms with Crippen LogP contribution in [-0.4, -0.2) is 24.7 Å². The maximum Gasteiger partial charge on any atom is 0.348 e. The Morgan fingerprint density at radius 2 is 2.03 bits per heavy atom. The van der Waals surface area contributed by atoms with Crippen molar-refractivity contribution in [2.45, 2.75) is 31.8 Å². The first-order chi connectivity index (χ1) is 16.9. The van der Waals surface area contributed by atoms with Crippen molar-refractivity contribution in [3.05, 3.63) is 81.8 Å². The van der Waals surface area contributed by atoms with Gasteiger partial charge in [0.05, 0.1) is 24.3 Å². The van der Waals surface area contributed by atoms with Gasteiger partial charge in [0.1, 0.15) is 19.1 Å². The molecule has 0 aliphatic carbocycles. The molecule has 4 heterocycles. The van der Waals surface area contributed by atoms with Crippen LogP contribution >= 0.6 is 45.8 Å². The number of hydrogen-bond acceptors (Lipinski definition) is 8. The van der Waals surface area contributed by atoms with Crippen molar-refractivity contribution in [3.8, 4) is 0 Å². The van der Waals surface area contributed by atoms with Crippen LogP contribution in [0.15, 0.2) is 50.9 Å². The third-order valence-corrected chi connectivity index (χ3v) is 10.1. The van der Waals surface area contributed by atoms with Crippen LogP contribution in [0.1, 0.15) is 32.7 Å². The fraction of sp³-hybridized carbons (Fsp3) is 0.240. The number of esters is 1. The van der Waals surface area contributed by atoms with E-state index in [-0.39, 0.29) is 11.5 Å². The molecule has 6 nitrogen and oxygen atoms in total. The van der Waals surface area contributed by atoms with Crippen LogP contribution in [0.5, 0.6) is 0 Å². The monoisotopic (exact) mass is 542 g/mol. The summed E-state index contributed by atoms with van der Waals surface area (Å²) in [5.74, 6) is -0.314. The zero-order valence-electron chi connectivity index (χ0n) is 19.7. The molecule has 0 N–H and O–H groups in total. The Labute approximate surface area is 219 Å². The second-order valence-corrected chi connectivity index (χ2v) is 11.9. The summed E-state index contributed by atoms with van der Waals surface area (Å²) in [5.41, 5.74) is 3.30. The first kappa shape index (κ1) is 24.1. The molecule has 3 aromatic heterocycles. The van der Waals surface area contributed by atoms with Crippen LogP contribution in [0.2, 0.25) is 0 Å². The van der Waals surface area contributed by atoms with Gasteiger partial charge in [0.2, 0.25) is 0 Å². The Bertz CT molecular complexity index is 1610. The van der Waals surface area contributed by atoms with Crippen molar-refractivity contribution in [3.63, 3.8) is 0 Å². The second kappa shape index (κ2) is 9.77. The van der Waals surface area contributed by atoms with Gasteiger partial charge in [-0.3, -0.25) is 9.36 Å². The maximum absolute atomic E-state index is 13.4. The van der Waals surface area contributed by atoms with E-state index < -0.39 is 0 Å². The molecule has 0 saturated carbocycles. The summed E-state index contributed by atoms with van der Waals surface area (Å²) in [6, 6.07) is 8.35. The average Bonchev–Trinajstić information content (AvgIpc) is 3.62. The van der Waals surface area contributed by atoms with Gasteiger partial charge >= 0.3 is 5.97 Å². The van der Waals surface area contributed by atoms with Crippen molar-refractivity contribution in [1.82, 2.24) is 4.57 Å². The summed E-state index contributed by atoms with van der Waals surface area (Å²) < 4.78 is 10.5. The molecule has 1 aromatic carbocycles. The van der Waals surface area contributed by atoms with Gasteiger partial charge in [0, 0.05) is 24.1 Å². The van der Waals surface area contributed by atoms with Crippen molar-refractivity contribution in [2.24, 2.45) is 0 Å².